The maximum Gasteiger partial charge on any atom is 0.131 e. The van der Waals surface area contributed by atoms with Crippen LogP contribution in [-0.2, 0) is 0 Å². The van der Waals surface area contributed by atoms with Gasteiger partial charge in [-0.15, -0.1) is 0 Å². The van der Waals surface area contributed by atoms with Crippen LogP contribution in [0, 0.1) is 11.6 Å². The van der Waals surface area contributed by atoms with E-state index < -0.39 is 23.7 Å². The highest BCUT2D eigenvalue weighted by Gasteiger charge is 2.24. The number of benzene rings is 1. The number of nitrogens with zero attached hydrogens (tertiary/aromatic N) is 1. The van der Waals surface area contributed by atoms with Crippen molar-refractivity contribution in [3.8, 4) is 0 Å². The third kappa shape index (κ3) is 2.94. The first-order chi connectivity index (χ1) is 9.13. The Bertz CT molecular complexity index is 548. The van der Waals surface area contributed by atoms with Crippen LogP contribution in [0.25, 0.3) is 0 Å². The van der Waals surface area contributed by atoms with Gasteiger partial charge in [0.2, 0.25) is 0 Å². The van der Waals surface area contributed by atoms with Crippen molar-refractivity contribution in [1.82, 2.24) is 4.98 Å². The van der Waals surface area contributed by atoms with Gasteiger partial charge in [0.15, 0.2) is 0 Å². The molecular weight excluding hydrogens is 250 g/mol. The summed E-state index contributed by atoms with van der Waals surface area (Å²) in [5.41, 5.74) is 6.38. The van der Waals surface area contributed by atoms with Crippen LogP contribution in [0.2, 0.25) is 0 Å². The predicted octanol–water partition coefficient (Wildman–Crippen LogP) is 2.14. The van der Waals surface area contributed by atoms with Crippen molar-refractivity contribution in [2.45, 2.75) is 12.0 Å². The molecule has 0 saturated heterocycles. The molecule has 2 aromatic rings. The molecule has 0 bridgehead atoms. The van der Waals surface area contributed by atoms with Crippen molar-refractivity contribution in [2.24, 2.45) is 5.73 Å². The highest BCUT2D eigenvalue weighted by molar-refractivity contribution is 5.27. The molecule has 1 aromatic carbocycles. The van der Waals surface area contributed by atoms with Gasteiger partial charge in [-0.2, -0.15) is 0 Å². The average Bonchev–Trinajstić information content (AvgIpc) is 2.40. The first-order valence-electron chi connectivity index (χ1n) is 5.86. The maximum absolute atomic E-state index is 13.7. The molecule has 0 aliphatic heterocycles. The van der Waals surface area contributed by atoms with Crippen LogP contribution in [0.4, 0.5) is 8.78 Å². The molecule has 1 heterocycles. The van der Waals surface area contributed by atoms with Crippen molar-refractivity contribution in [2.75, 3.05) is 6.54 Å². The number of aliphatic hydroxyl groups excluding tert-OH is 1. The van der Waals surface area contributed by atoms with E-state index in [1.54, 1.807) is 24.5 Å². The second kappa shape index (κ2) is 5.86. The molecule has 0 amide bonds. The van der Waals surface area contributed by atoms with Gasteiger partial charge in [-0.05, 0) is 17.7 Å². The van der Waals surface area contributed by atoms with Crippen molar-refractivity contribution in [1.29, 1.82) is 0 Å². The number of halogens is 2. The molecule has 19 heavy (non-hydrogen) atoms. The lowest BCUT2D eigenvalue weighted by atomic mass is 9.90. The summed E-state index contributed by atoms with van der Waals surface area (Å²) < 4.78 is 26.5. The smallest absolute Gasteiger partial charge is 0.131 e. The van der Waals surface area contributed by atoms with Crippen LogP contribution in [0.15, 0.2) is 42.7 Å². The predicted molar refractivity (Wildman–Crippen MR) is 67.4 cm³/mol. The average molecular weight is 264 g/mol. The van der Waals surface area contributed by atoms with Gasteiger partial charge in [0.05, 0.1) is 6.10 Å². The number of rotatable bonds is 4. The molecule has 3 nitrogen and oxygen atoms in total. The van der Waals surface area contributed by atoms with Crippen molar-refractivity contribution in [3.63, 3.8) is 0 Å². The molecule has 1 aromatic heterocycles. The SMILES string of the molecule is NCC(c1cccnc1)C(O)c1ccc(F)cc1F. The molecule has 3 N–H and O–H groups in total. The zero-order valence-electron chi connectivity index (χ0n) is 10.1. The van der Waals surface area contributed by atoms with E-state index in [0.29, 0.717) is 5.56 Å². The van der Waals surface area contributed by atoms with Crippen LogP contribution in [0.1, 0.15) is 23.1 Å². The van der Waals surface area contributed by atoms with Crippen LogP contribution >= 0.6 is 0 Å². The van der Waals surface area contributed by atoms with Gasteiger partial charge in [-0.1, -0.05) is 12.1 Å². The van der Waals surface area contributed by atoms with E-state index >= 15 is 0 Å². The van der Waals surface area contributed by atoms with Crippen LogP contribution < -0.4 is 5.73 Å². The van der Waals surface area contributed by atoms with Crippen molar-refractivity contribution in [3.05, 3.63) is 65.5 Å². The van der Waals surface area contributed by atoms with Gasteiger partial charge in [-0.25, -0.2) is 8.78 Å². The second-order valence-corrected chi connectivity index (χ2v) is 4.24. The number of hydrogen-bond donors (Lipinski definition) is 2. The lowest BCUT2D eigenvalue weighted by Gasteiger charge is -2.22. The molecule has 0 radical (unpaired) electrons. The van der Waals surface area contributed by atoms with E-state index in [1.165, 1.54) is 6.07 Å². The zero-order valence-corrected chi connectivity index (χ0v) is 10.1. The van der Waals surface area contributed by atoms with E-state index in [4.69, 9.17) is 5.73 Å². The zero-order chi connectivity index (χ0) is 13.8. The highest BCUT2D eigenvalue weighted by atomic mass is 19.1. The van der Waals surface area contributed by atoms with Crippen LogP contribution in [-0.4, -0.2) is 16.6 Å². The molecule has 2 rings (SSSR count). The van der Waals surface area contributed by atoms with Gasteiger partial charge in [0.1, 0.15) is 11.6 Å². The summed E-state index contributed by atoms with van der Waals surface area (Å²) in [4.78, 5) is 3.95. The quantitative estimate of drug-likeness (QED) is 0.889. The largest absolute Gasteiger partial charge is 0.388 e. The van der Waals surface area contributed by atoms with E-state index in [-0.39, 0.29) is 12.1 Å². The summed E-state index contributed by atoms with van der Waals surface area (Å²) in [6, 6.07) is 6.56. The van der Waals surface area contributed by atoms with E-state index in [0.717, 1.165) is 12.1 Å². The summed E-state index contributed by atoms with van der Waals surface area (Å²) >= 11 is 0. The third-order valence-electron chi connectivity index (χ3n) is 3.03. The Morgan fingerprint density at radius 1 is 1.26 bits per heavy atom. The summed E-state index contributed by atoms with van der Waals surface area (Å²) in [6.07, 6.45) is 2.03. The molecule has 0 aliphatic carbocycles. The Hall–Kier alpha value is -1.85. The fourth-order valence-electron chi connectivity index (χ4n) is 2.00. The maximum atomic E-state index is 13.7. The van der Waals surface area contributed by atoms with Gasteiger partial charge < -0.3 is 10.8 Å². The molecule has 0 fully saturated rings. The van der Waals surface area contributed by atoms with Crippen LogP contribution in [0.3, 0.4) is 0 Å². The van der Waals surface area contributed by atoms with Crippen molar-refractivity contribution < 1.29 is 13.9 Å². The molecule has 0 spiro atoms. The summed E-state index contributed by atoms with van der Waals surface area (Å²) in [6.45, 7) is 0.129. The standard InChI is InChI=1S/C14H14F2N2O/c15-10-3-4-11(13(16)6-10)14(19)12(7-17)9-2-1-5-18-8-9/h1-6,8,12,14,19H,7,17H2. The van der Waals surface area contributed by atoms with E-state index in [2.05, 4.69) is 4.98 Å². The molecule has 0 aliphatic rings. The monoisotopic (exact) mass is 264 g/mol. The fourth-order valence-corrected chi connectivity index (χ4v) is 2.00. The Morgan fingerprint density at radius 3 is 2.63 bits per heavy atom. The number of nitrogens with two attached hydrogens (primary N) is 1. The van der Waals surface area contributed by atoms with E-state index in [1.807, 2.05) is 0 Å². The summed E-state index contributed by atoms with van der Waals surface area (Å²) in [5.74, 6) is -1.96. The summed E-state index contributed by atoms with van der Waals surface area (Å²) in [7, 11) is 0. The van der Waals surface area contributed by atoms with Gasteiger partial charge in [0.25, 0.3) is 0 Å². The number of aromatic nitrogens is 1. The first kappa shape index (κ1) is 13.6. The Kier molecular flexibility index (Phi) is 4.19. The van der Waals surface area contributed by atoms with Gasteiger partial charge in [-0.3, -0.25) is 4.98 Å². The Balaban J connectivity index is 2.33. The lowest BCUT2D eigenvalue weighted by molar-refractivity contribution is 0.143. The van der Waals surface area contributed by atoms with E-state index in [9.17, 15) is 13.9 Å². The minimum Gasteiger partial charge on any atom is -0.388 e. The first-order valence-corrected chi connectivity index (χ1v) is 5.86. The topological polar surface area (TPSA) is 59.1 Å². The normalized spacial score (nSPS) is 14.1. The highest BCUT2D eigenvalue weighted by Crippen LogP contribution is 2.31. The number of hydrogen-bond acceptors (Lipinski definition) is 3. The molecule has 0 saturated carbocycles. The minimum atomic E-state index is -1.14. The van der Waals surface area contributed by atoms with Crippen LogP contribution in [0.5, 0.6) is 0 Å². The molecular formula is C14H14F2N2O. The molecule has 2 unspecified atom stereocenters. The molecule has 100 valence electrons. The Labute approximate surface area is 109 Å². The Morgan fingerprint density at radius 2 is 2.05 bits per heavy atom. The van der Waals surface area contributed by atoms with Crippen molar-refractivity contribution >= 4 is 0 Å². The molecule has 2 atom stereocenters. The number of aliphatic hydroxyl groups is 1. The van der Waals surface area contributed by atoms with Gasteiger partial charge >= 0.3 is 0 Å². The lowest BCUT2D eigenvalue weighted by Crippen LogP contribution is -2.21. The summed E-state index contributed by atoms with van der Waals surface area (Å²) in [5, 5.41) is 10.2. The fraction of sp³-hybridized carbons (Fsp3) is 0.214. The second-order valence-electron chi connectivity index (χ2n) is 4.24. The minimum absolute atomic E-state index is 0.0284. The molecule has 5 heteroatoms. The third-order valence-corrected chi connectivity index (χ3v) is 3.03. The number of pyridine rings is 1. The van der Waals surface area contributed by atoms with Gasteiger partial charge in [0, 0.05) is 36.5 Å².